The number of ether oxygens (including phenoxy) is 2. The summed E-state index contributed by atoms with van der Waals surface area (Å²) in [7, 11) is 0. The molecule has 4 rings (SSSR count). The number of para-hydroxylation sites is 1. The van der Waals surface area contributed by atoms with Crippen LogP contribution in [-0.4, -0.2) is 25.0 Å². The number of carbonyl (C=O) groups is 2. The zero-order valence-corrected chi connectivity index (χ0v) is 15.8. The summed E-state index contributed by atoms with van der Waals surface area (Å²) >= 11 is 6.18. The summed E-state index contributed by atoms with van der Waals surface area (Å²) in [6.07, 6.45) is 0.00968. The minimum atomic E-state index is -0.526. The predicted molar refractivity (Wildman–Crippen MR) is 103 cm³/mol. The molecule has 0 aliphatic carbocycles. The van der Waals surface area contributed by atoms with Crippen LogP contribution in [-0.2, 0) is 11.2 Å². The van der Waals surface area contributed by atoms with Crippen molar-refractivity contribution in [1.82, 2.24) is 10.9 Å². The van der Waals surface area contributed by atoms with Gasteiger partial charge in [-0.05, 0) is 30.7 Å². The molecule has 7 nitrogen and oxygen atoms in total. The first-order valence-electron chi connectivity index (χ1n) is 8.68. The van der Waals surface area contributed by atoms with Gasteiger partial charge < -0.3 is 13.9 Å². The van der Waals surface area contributed by atoms with E-state index in [0.717, 1.165) is 5.39 Å². The van der Waals surface area contributed by atoms with E-state index in [4.69, 9.17) is 25.5 Å². The van der Waals surface area contributed by atoms with Crippen LogP contribution in [0.4, 0.5) is 0 Å². The summed E-state index contributed by atoms with van der Waals surface area (Å²) in [5, 5.41) is 1.23. The highest BCUT2D eigenvalue weighted by Gasteiger charge is 2.20. The molecule has 0 fully saturated rings. The number of rotatable bonds is 3. The topological polar surface area (TPSA) is 89.8 Å². The highest BCUT2D eigenvalue weighted by molar-refractivity contribution is 6.32. The number of halogens is 1. The van der Waals surface area contributed by atoms with Gasteiger partial charge in [0.15, 0.2) is 17.3 Å². The molecule has 0 saturated heterocycles. The molecular formula is C20H17ClN2O5. The van der Waals surface area contributed by atoms with Crippen molar-refractivity contribution in [1.29, 1.82) is 0 Å². The van der Waals surface area contributed by atoms with E-state index < -0.39 is 11.8 Å². The Kier molecular flexibility index (Phi) is 4.83. The van der Waals surface area contributed by atoms with Crippen LogP contribution >= 0.6 is 11.6 Å². The number of furan rings is 1. The van der Waals surface area contributed by atoms with E-state index in [9.17, 15) is 9.59 Å². The summed E-state index contributed by atoms with van der Waals surface area (Å²) in [4.78, 5) is 24.6. The Balaban J connectivity index is 1.41. The number of carbonyl (C=O) groups excluding carboxylic acids is 2. The Morgan fingerprint density at radius 1 is 1.11 bits per heavy atom. The van der Waals surface area contributed by atoms with Crippen molar-refractivity contribution < 1.29 is 23.5 Å². The van der Waals surface area contributed by atoms with Crippen molar-refractivity contribution in [2.24, 2.45) is 0 Å². The van der Waals surface area contributed by atoms with Crippen molar-refractivity contribution >= 4 is 34.4 Å². The Morgan fingerprint density at radius 3 is 2.71 bits per heavy atom. The largest absolute Gasteiger partial charge is 0.486 e. The van der Waals surface area contributed by atoms with E-state index in [0.29, 0.717) is 46.4 Å². The molecule has 144 valence electrons. The lowest BCUT2D eigenvalue weighted by Gasteiger charge is -2.20. The summed E-state index contributed by atoms with van der Waals surface area (Å²) in [6.45, 7) is 2.64. The number of fused-ring (bicyclic) bond motifs is 2. The van der Waals surface area contributed by atoms with Gasteiger partial charge in [-0.3, -0.25) is 20.4 Å². The van der Waals surface area contributed by atoms with E-state index in [1.807, 2.05) is 18.2 Å². The van der Waals surface area contributed by atoms with Gasteiger partial charge in [0.05, 0.1) is 11.4 Å². The van der Waals surface area contributed by atoms with Crippen LogP contribution in [0.25, 0.3) is 11.0 Å². The van der Waals surface area contributed by atoms with E-state index in [-0.39, 0.29) is 12.2 Å². The van der Waals surface area contributed by atoms with Crippen LogP contribution in [0.2, 0.25) is 5.02 Å². The molecule has 2 aromatic carbocycles. The molecule has 0 bridgehead atoms. The molecule has 1 aromatic heterocycles. The average Bonchev–Trinajstić information content (AvgIpc) is 3.03. The SMILES string of the molecule is Cc1c(C(=O)NNC(=O)Cc2cc(Cl)c3c(c2)OCCO3)oc2ccccc12. The fourth-order valence-corrected chi connectivity index (χ4v) is 3.36. The van der Waals surface area contributed by atoms with E-state index in [1.165, 1.54) is 0 Å². The molecule has 0 saturated carbocycles. The van der Waals surface area contributed by atoms with Gasteiger partial charge in [0.2, 0.25) is 5.91 Å². The maximum absolute atomic E-state index is 12.4. The van der Waals surface area contributed by atoms with Gasteiger partial charge in [-0.15, -0.1) is 0 Å². The molecule has 0 atom stereocenters. The third kappa shape index (κ3) is 3.48. The van der Waals surface area contributed by atoms with Gasteiger partial charge in [0.1, 0.15) is 18.8 Å². The third-order valence-electron chi connectivity index (χ3n) is 4.39. The molecule has 2 amide bonds. The van der Waals surface area contributed by atoms with Gasteiger partial charge in [-0.1, -0.05) is 29.8 Å². The van der Waals surface area contributed by atoms with Crippen LogP contribution in [0.5, 0.6) is 11.5 Å². The van der Waals surface area contributed by atoms with Gasteiger partial charge in [-0.2, -0.15) is 0 Å². The van der Waals surface area contributed by atoms with E-state index >= 15 is 0 Å². The number of hydrogen-bond donors (Lipinski definition) is 2. The first-order chi connectivity index (χ1) is 13.5. The molecule has 0 spiro atoms. The summed E-state index contributed by atoms with van der Waals surface area (Å²) in [5.74, 6) is 0.204. The molecular weight excluding hydrogens is 384 g/mol. The smallest absolute Gasteiger partial charge is 0.305 e. The number of nitrogens with one attached hydrogen (secondary N) is 2. The van der Waals surface area contributed by atoms with Crippen LogP contribution in [0, 0.1) is 6.92 Å². The quantitative estimate of drug-likeness (QED) is 0.659. The van der Waals surface area contributed by atoms with E-state index in [1.54, 1.807) is 25.1 Å². The normalized spacial score (nSPS) is 12.6. The predicted octanol–water partition coefficient (Wildman–Crippen LogP) is 3.17. The first kappa shape index (κ1) is 18.2. The summed E-state index contributed by atoms with van der Waals surface area (Å²) in [6, 6.07) is 10.7. The molecule has 3 aromatic rings. The maximum Gasteiger partial charge on any atom is 0.305 e. The van der Waals surface area contributed by atoms with Crippen LogP contribution in [0.3, 0.4) is 0 Å². The number of hydrazine groups is 1. The third-order valence-corrected chi connectivity index (χ3v) is 4.67. The molecule has 0 radical (unpaired) electrons. The lowest BCUT2D eigenvalue weighted by molar-refractivity contribution is -0.121. The van der Waals surface area contributed by atoms with Gasteiger partial charge in [0.25, 0.3) is 0 Å². The fraction of sp³-hybridized carbons (Fsp3) is 0.200. The Hall–Kier alpha value is -3.19. The Bertz CT molecular complexity index is 1080. The van der Waals surface area contributed by atoms with Gasteiger partial charge in [-0.25, -0.2) is 0 Å². The first-order valence-corrected chi connectivity index (χ1v) is 9.06. The molecule has 8 heteroatoms. The number of benzene rings is 2. The zero-order chi connectivity index (χ0) is 19.7. The molecule has 0 unspecified atom stereocenters. The van der Waals surface area contributed by atoms with E-state index in [2.05, 4.69) is 10.9 Å². The zero-order valence-electron chi connectivity index (χ0n) is 15.0. The highest BCUT2D eigenvalue weighted by atomic mass is 35.5. The molecule has 2 N–H and O–H groups in total. The van der Waals surface area contributed by atoms with Crippen molar-refractivity contribution in [2.75, 3.05) is 13.2 Å². The van der Waals surface area contributed by atoms with Crippen LogP contribution in [0.15, 0.2) is 40.8 Å². The Labute approximate surface area is 165 Å². The number of amides is 2. The second-order valence-electron chi connectivity index (χ2n) is 6.33. The standard InChI is InChI=1S/C20H17ClN2O5/c1-11-13-4-2-3-5-15(13)28-18(11)20(25)23-22-17(24)10-12-8-14(21)19-16(9-12)26-6-7-27-19/h2-5,8-9H,6-7,10H2,1H3,(H,22,24)(H,23,25). The van der Waals surface area contributed by atoms with Gasteiger partial charge >= 0.3 is 5.91 Å². The molecule has 2 heterocycles. The molecule has 1 aliphatic heterocycles. The average molecular weight is 401 g/mol. The molecule has 1 aliphatic rings. The van der Waals surface area contributed by atoms with Crippen molar-refractivity contribution in [3.05, 3.63) is 58.3 Å². The van der Waals surface area contributed by atoms with Gasteiger partial charge in [0, 0.05) is 10.9 Å². The highest BCUT2D eigenvalue weighted by Crippen LogP contribution is 2.38. The summed E-state index contributed by atoms with van der Waals surface area (Å²) in [5.41, 5.74) is 6.73. The second-order valence-corrected chi connectivity index (χ2v) is 6.74. The van der Waals surface area contributed by atoms with Crippen molar-refractivity contribution in [2.45, 2.75) is 13.3 Å². The second kappa shape index (κ2) is 7.44. The number of aryl methyl sites for hydroxylation is 1. The lowest BCUT2D eigenvalue weighted by atomic mass is 10.1. The molecule has 28 heavy (non-hydrogen) atoms. The summed E-state index contributed by atoms with van der Waals surface area (Å²) < 4.78 is 16.5. The minimum Gasteiger partial charge on any atom is -0.486 e. The Morgan fingerprint density at radius 2 is 1.89 bits per heavy atom. The number of hydrogen-bond acceptors (Lipinski definition) is 5. The fourth-order valence-electron chi connectivity index (χ4n) is 3.07. The van der Waals surface area contributed by atoms with Crippen molar-refractivity contribution in [3.63, 3.8) is 0 Å². The lowest BCUT2D eigenvalue weighted by Crippen LogP contribution is -2.42. The minimum absolute atomic E-state index is 0.00968. The van der Waals surface area contributed by atoms with Crippen LogP contribution < -0.4 is 20.3 Å². The van der Waals surface area contributed by atoms with Crippen molar-refractivity contribution in [3.8, 4) is 11.5 Å². The maximum atomic E-state index is 12.4. The monoisotopic (exact) mass is 400 g/mol. The van der Waals surface area contributed by atoms with Crippen LogP contribution in [0.1, 0.15) is 21.7 Å².